The molecule has 0 saturated carbocycles. The second kappa shape index (κ2) is 8.45. The molecule has 0 aromatic carbocycles. The van der Waals surface area contributed by atoms with Gasteiger partial charge >= 0.3 is 0 Å². The number of hydrogen-bond acceptors (Lipinski definition) is 4. The lowest BCUT2D eigenvalue weighted by molar-refractivity contribution is 0.403. The van der Waals surface area contributed by atoms with Gasteiger partial charge in [-0.3, -0.25) is 0 Å². The summed E-state index contributed by atoms with van der Waals surface area (Å²) in [5, 5.41) is 0. The van der Waals surface area contributed by atoms with Crippen molar-refractivity contribution in [3.8, 4) is 0 Å². The zero-order chi connectivity index (χ0) is 15.9. The smallest absolute Gasteiger partial charge is 0.212 e. The van der Waals surface area contributed by atoms with E-state index in [1.165, 1.54) is 8.61 Å². The molecule has 21 heavy (non-hydrogen) atoms. The van der Waals surface area contributed by atoms with E-state index < -0.39 is 20.0 Å². The van der Waals surface area contributed by atoms with Gasteiger partial charge in [-0.2, -0.15) is 0 Å². The highest BCUT2D eigenvalue weighted by molar-refractivity contribution is 7.89. The lowest BCUT2D eigenvalue weighted by Gasteiger charge is -2.21. The van der Waals surface area contributed by atoms with Crippen LogP contribution in [0.1, 0.15) is 46.0 Å². The van der Waals surface area contributed by atoms with Crippen molar-refractivity contribution in [3.63, 3.8) is 0 Å². The first-order valence-electron chi connectivity index (χ1n) is 7.79. The lowest BCUT2D eigenvalue weighted by atomic mass is 10.4. The Morgan fingerprint density at radius 3 is 1.43 bits per heavy atom. The maximum Gasteiger partial charge on any atom is 0.214 e. The van der Waals surface area contributed by atoms with Crippen LogP contribution < -0.4 is 0 Å². The molecule has 0 spiro atoms. The molecule has 0 amide bonds. The van der Waals surface area contributed by atoms with Gasteiger partial charge in [-0.25, -0.2) is 25.4 Å². The van der Waals surface area contributed by atoms with E-state index in [-0.39, 0.29) is 24.6 Å². The highest BCUT2D eigenvalue weighted by atomic mass is 32.2. The number of nitrogens with zero attached hydrogens (tertiary/aromatic N) is 2. The molecule has 1 aliphatic rings. The van der Waals surface area contributed by atoms with Crippen LogP contribution in [0.3, 0.4) is 0 Å². The molecule has 1 aliphatic heterocycles. The lowest BCUT2D eigenvalue weighted by Crippen LogP contribution is -2.39. The minimum absolute atomic E-state index is 0.159. The Bertz CT molecular complexity index is 456. The summed E-state index contributed by atoms with van der Waals surface area (Å²) in [6.45, 7) is 5.31. The molecule has 0 unspecified atom stereocenters. The van der Waals surface area contributed by atoms with Crippen molar-refractivity contribution in [1.82, 2.24) is 8.61 Å². The Kier molecular flexibility index (Phi) is 7.59. The van der Waals surface area contributed by atoms with E-state index in [2.05, 4.69) is 0 Å². The molecule has 6 nitrogen and oxygen atoms in total. The van der Waals surface area contributed by atoms with Crippen LogP contribution >= 0.6 is 0 Å². The average molecular weight is 341 g/mol. The molecule has 126 valence electrons. The van der Waals surface area contributed by atoms with Gasteiger partial charge in [-0.1, -0.05) is 26.7 Å². The third kappa shape index (κ3) is 5.84. The van der Waals surface area contributed by atoms with Crippen molar-refractivity contribution < 1.29 is 16.8 Å². The first kappa shape index (κ1) is 18.9. The molecule has 0 aliphatic carbocycles. The summed E-state index contributed by atoms with van der Waals surface area (Å²) in [4.78, 5) is 0. The predicted octanol–water partition coefficient (Wildman–Crippen LogP) is 1.25. The normalized spacial score (nSPS) is 19.5. The van der Waals surface area contributed by atoms with Gasteiger partial charge in [0.1, 0.15) is 0 Å². The topological polar surface area (TPSA) is 74.8 Å². The summed E-state index contributed by atoms with van der Waals surface area (Å²) >= 11 is 0. The summed E-state index contributed by atoms with van der Waals surface area (Å²) in [6.07, 6.45) is 3.54. The van der Waals surface area contributed by atoms with E-state index in [1.54, 1.807) is 0 Å². The van der Waals surface area contributed by atoms with Gasteiger partial charge in [0, 0.05) is 26.2 Å². The maximum atomic E-state index is 12.2. The van der Waals surface area contributed by atoms with Gasteiger partial charge in [0.15, 0.2) is 0 Å². The van der Waals surface area contributed by atoms with Crippen LogP contribution in [0.5, 0.6) is 0 Å². The first-order valence-corrected chi connectivity index (χ1v) is 11.0. The molecule has 1 rings (SSSR count). The second-order valence-corrected chi connectivity index (χ2v) is 9.67. The van der Waals surface area contributed by atoms with Crippen molar-refractivity contribution in [2.24, 2.45) is 0 Å². The van der Waals surface area contributed by atoms with Crippen LogP contribution in [-0.4, -0.2) is 63.1 Å². The van der Waals surface area contributed by atoms with Crippen molar-refractivity contribution in [2.75, 3.05) is 37.7 Å². The summed E-state index contributed by atoms with van der Waals surface area (Å²) in [5.41, 5.74) is 0. The Labute approximate surface area is 129 Å². The predicted molar refractivity (Wildman–Crippen MR) is 85.2 cm³/mol. The van der Waals surface area contributed by atoms with Gasteiger partial charge in [0.05, 0.1) is 11.5 Å². The molecular weight excluding hydrogens is 312 g/mol. The highest BCUT2D eigenvalue weighted by Gasteiger charge is 2.29. The van der Waals surface area contributed by atoms with Crippen LogP contribution in [0.4, 0.5) is 0 Å². The van der Waals surface area contributed by atoms with Crippen molar-refractivity contribution >= 4 is 20.0 Å². The molecule has 8 heteroatoms. The molecule has 0 N–H and O–H groups in total. The third-order valence-electron chi connectivity index (χ3n) is 3.71. The minimum atomic E-state index is -3.24. The van der Waals surface area contributed by atoms with E-state index in [0.29, 0.717) is 32.4 Å². The van der Waals surface area contributed by atoms with Gasteiger partial charge in [-0.15, -0.1) is 0 Å². The van der Waals surface area contributed by atoms with Crippen LogP contribution in [0.15, 0.2) is 0 Å². The van der Waals surface area contributed by atoms with Crippen LogP contribution in [0.2, 0.25) is 0 Å². The summed E-state index contributed by atoms with van der Waals surface area (Å²) in [5.74, 6) is 0.318. The largest absolute Gasteiger partial charge is 0.214 e. The maximum absolute atomic E-state index is 12.2. The molecule has 0 atom stereocenters. The first-order chi connectivity index (χ1) is 9.83. The Morgan fingerprint density at radius 2 is 1.10 bits per heavy atom. The van der Waals surface area contributed by atoms with E-state index in [9.17, 15) is 16.8 Å². The van der Waals surface area contributed by atoms with E-state index >= 15 is 0 Å². The number of rotatable bonds is 8. The fraction of sp³-hybridized carbons (Fsp3) is 1.00. The fourth-order valence-corrected chi connectivity index (χ4v) is 5.70. The van der Waals surface area contributed by atoms with Gasteiger partial charge < -0.3 is 0 Å². The van der Waals surface area contributed by atoms with Gasteiger partial charge in [-0.05, 0) is 19.3 Å². The molecule has 0 aromatic heterocycles. The van der Waals surface area contributed by atoms with Crippen LogP contribution in [0, 0.1) is 0 Å². The summed E-state index contributed by atoms with van der Waals surface area (Å²) < 4.78 is 51.6. The minimum Gasteiger partial charge on any atom is -0.212 e. The monoisotopic (exact) mass is 340 g/mol. The van der Waals surface area contributed by atoms with Crippen LogP contribution in [0.25, 0.3) is 0 Å². The zero-order valence-corrected chi connectivity index (χ0v) is 14.8. The van der Waals surface area contributed by atoms with Crippen molar-refractivity contribution in [3.05, 3.63) is 0 Å². The Balaban J connectivity index is 2.66. The van der Waals surface area contributed by atoms with Crippen molar-refractivity contribution in [1.29, 1.82) is 0 Å². The van der Waals surface area contributed by atoms with E-state index in [1.807, 2.05) is 13.8 Å². The zero-order valence-electron chi connectivity index (χ0n) is 13.1. The Morgan fingerprint density at radius 1 is 0.714 bits per heavy atom. The number of unbranched alkanes of at least 4 members (excludes halogenated alkanes) is 2. The molecule has 1 heterocycles. The van der Waals surface area contributed by atoms with E-state index in [0.717, 1.165) is 12.8 Å². The van der Waals surface area contributed by atoms with Crippen molar-refractivity contribution in [2.45, 2.75) is 46.0 Å². The fourth-order valence-electron chi connectivity index (χ4n) is 2.34. The Hall–Kier alpha value is -0.180. The average Bonchev–Trinajstić information content (AvgIpc) is 2.70. The number of hydrogen-bond donors (Lipinski definition) is 0. The molecular formula is C13H28N2O4S2. The molecule has 0 radical (unpaired) electrons. The highest BCUT2D eigenvalue weighted by Crippen LogP contribution is 2.14. The third-order valence-corrected chi connectivity index (χ3v) is 7.63. The second-order valence-electron chi connectivity index (χ2n) is 5.49. The SMILES string of the molecule is CCCCS(=O)(=O)N1CCCN(S(=O)(=O)CCCC)CC1. The quantitative estimate of drug-likeness (QED) is 0.666. The standard InChI is InChI=1S/C13H28N2O4S2/c1-3-5-12-20(16,17)14-8-7-9-15(11-10-14)21(18,19)13-6-4-2/h3-13H2,1-2H3. The van der Waals surface area contributed by atoms with Crippen LogP contribution in [-0.2, 0) is 20.0 Å². The van der Waals surface area contributed by atoms with E-state index in [4.69, 9.17) is 0 Å². The summed E-state index contributed by atoms with van der Waals surface area (Å²) in [7, 11) is -6.49. The molecule has 1 saturated heterocycles. The number of sulfonamides is 2. The molecule has 1 fully saturated rings. The molecule has 0 bridgehead atoms. The van der Waals surface area contributed by atoms with Gasteiger partial charge in [0.2, 0.25) is 20.0 Å². The summed E-state index contributed by atoms with van der Waals surface area (Å²) in [6, 6.07) is 0. The molecule has 0 aromatic rings. The van der Waals surface area contributed by atoms with Gasteiger partial charge in [0.25, 0.3) is 0 Å².